The van der Waals surface area contributed by atoms with Crippen LogP contribution < -0.4 is 16.2 Å². The van der Waals surface area contributed by atoms with E-state index in [9.17, 15) is 14.7 Å². The summed E-state index contributed by atoms with van der Waals surface area (Å²) in [5, 5.41) is 15.2. The smallest absolute Gasteiger partial charge is 0.256 e. The molecule has 2 heterocycles. The van der Waals surface area contributed by atoms with E-state index in [0.29, 0.717) is 5.69 Å². The highest BCUT2D eigenvalue weighted by molar-refractivity contribution is 6.04. The highest BCUT2D eigenvalue weighted by atomic mass is 16.3. The molecule has 0 unspecified atom stereocenters. The van der Waals surface area contributed by atoms with Gasteiger partial charge < -0.3 is 15.7 Å². The van der Waals surface area contributed by atoms with Crippen molar-refractivity contribution in [2.75, 3.05) is 17.2 Å². The van der Waals surface area contributed by atoms with E-state index < -0.39 is 11.5 Å². The number of fused-ring (bicyclic) bond motifs is 1. The molecular formula is C14H13N3O3. The molecule has 1 aliphatic rings. The molecule has 102 valence electrons. The van der Waals surface area contributed by atoms with Crippen molar-refractivity contribution in [3.05, 3.63) is 51.8 Å². The van der Waals surface area contributed by atoms with Crippen molar-refractivity contribution in [3.8, 4) is 5.88 Å². The Morgan fingerprint density at radius 3 is 2.90 bits per heavy atom. The maximum Gasteiger partial charge on any atom is 0.256 e. The number of hydrogen-bond acceptors (Lipinski definition) is 4. The zero-order chi connectivity index (χ0) is 14.1. The summed E-state index contributed by atoms with van der Waals surface area (Å²) >= 11 is 0. The van der Waals surface area contributed by atoms with Gasteiger partial charge in [0.15, 0.2) is 5.88 Å². The van der Waals surface area contributed by atoms with Crippen molar-refractivity contribution >= 4 is 17.3 Å². The van der Waals surface area contributed by atoms with E-state index in [2.05, 4.69) is 15.6 Å². The first-order valence-electron chi connectivity index (χ1n) is 6.23. The fourth-order valence-electron chi connectivity index (χ4n) is 2.25. The third-order valence-electron chi connectivity index (χ3n) is 3.17. The summed E-state index contributed by atoms with van der Waals surface area (Å²) in [6.45, 7) is 0.897. The SMILES string of the molecule is O=C(Nc1ccc2c(c1)CCN2)c1cc(O)[nH]c(=O)c1. The third kappa shape index (κ3) is 2.35. The van der Waals surface area contributed by atoms with Crippen molar-refractivity contribution in [3.63, 3.8) is 0 Å². The van der Waals surface area contributed by atoms with Gasteiger partial charge in [0.1, 0.15) is 0 Å². The number of pyridine rings is 1. The van der Waals surface area contributed by atoms with Crippen LogP contribution in [0, 0.1) is 0 Å². The number of rotatable bonds is 2. The van der Waals surface area contributed by atoms with E-state index in [4.69, 9.17) is 0 Å². The zero-order valence-corrected chi connectivity index (χ0v) is 10.6. The first kappa shape index (κ1) is 12.3. The second kappa shape index (κ2) is 4.73. The van der Waals surface area contributed by atoms with Crippen molar-refractivity contribution in [1.82, 2.24) is 4.98 Å². The number of anilines is 2. The van der Waals surface area contributed by atoms with Gasteiger partial charge in [0.05, 0.1) is 5.56 Å². The summed E-state index contributed by atoms with van der Waals surface area (Å²) < 4.78 is 0. The summed E-state index contributed by atoms with van der Waals surface area (Å²) in [6, 6.07) is 7.96. The van der Waals surface area contributed by atoms with Crippen LogP contribution in [-0.2, 0) is 6.42 Å². The number of aromatic amines is 1. The molecule has 0 radical (unpaired) electrons. The molecular weight excluding hydrogens is 258 g/mol. The van der Waals surface area contributed by atoms with Gasteiger partial charge in [-0.25, -0.2) is 0 Å². The summed E-state index contributed by atoms with van der Waals surface area (Å²) in [7, 11) is 0. The second-order valence-corrected chi connectivity index (χ2v) is 4.62. The molecule has 6 heteroatoms. The van der Waals surface area contributed by atoms with Gasteiger partial charge in [-0.05, 0) is 30.2 Å². The van der Waals surface area contributed by atoms with Gasteiger partial charge in [0.25, 0.3) is 11.5 Å². The minimum atomic E-state index is -0.520. The fraction of sp³-hybridized carbons (Fsp3) is 0.143. The largest absolute Gasteiger partial charge is 0.494 e. The Bertz CT molecular complexity index is 737. The average Bonchev–Trinajstić information content (AvgIpc) is 2.85. The molecule has 20 heavy (non-hydrogen) atoms. The molecule has 0 atom stereocenters. The lowest BCUT2D eigenvalue weighted by molar-refractivity contribution is 0.102. The Morgan fingerprint density at radius 1 is 1.25 bits per heavy atom. The Labute approximate surface area is 114 Å². The lowest BCUT2D eigenvalue weighted by Gasteiger charge is -2.07. The lowest BCUT2D eigenvalue weighted by Crippen LogP contribution is -2.15. The Morgan fingerprint density at radius 2 is 2.10 bits per heavy atom. The Hall–Kier alpha value is -2.76. The van der Waals surface area contributed by atoms with Crippen LogP contribution in [0.15, 0.2) is 35.1 Å². The molecule has 0 bridgehead atoms. The minimum absolute atomic E-state index is 0.116. The third-order valence-corrected chi connectivity index (χ3v) is 3.17. The van der Waals surface area contributed by atoms with Crippen molar-refractivity contribution < 1.29 is 9.90 Å². The predicted molar refractivity (Wildman–Crippen MR) is 75.3 cm³/mol. The first-order valence-corrected chi connectivity index (χ1v) is 6.23. The maximum absolute atomic E-state index is 12.0. The highest BCUT2D eigenvalue weighted by Gasteiger charge is 2.12. The number of aromatic hydroxyl groups is 1. The summed E-state index contributed by atoms with van der Waals surface area (Å²) in [6.07, 6.45) is 0.921. The normalized spacial score (nSPS) is 12.6. The number of aromatic nitrogens is 1. The van der Waals surface area contributed by atoms with Gasteiger partial charge in [-0.2, -0.15) is 0 Å². The van der Waals surface area contributed by atoms with E-state index in [-0.39, 0.29) is 11.4 Å². The summed E-state index contributed by atoms with van der Waals surface area (Å²) in [5.41, 5.74) is 2.49. The van der Waals surface area contributed by atoms with E-state index in [1.165, 1.54) is 6.07 Å². The maximum atomic E-state index is 12.0. The molecule has 1 aromatic carbocycles. The van der Waals surface area contributed by atoms with E-state index in [0.717, 1.165) is 30.3 Å². The van der Waals surface area contributed by atoms with Gasteiger partial charge in [-0.15, -0.1) is 0 Å². The number of hydrogen-bond donors (Lipinski definition) is 4. The van der Waals surface area contributed by atoms with Gasteiger partial charge in [-0.3, -0.25) is 14.6 Å². The second-order valence-electron chi connectivity index (χ2n) is 4.62. The molecule has 2 aromatic rings. The Kier molecular flexibility index (Phi) is 2.90. The average molecular weight is 271 g/mol. The van der Waals surface area contributed by atoms with E-state index >= 15 is 0 Å². The first-order chi connectivity index (χ1) is 9.61. The van der Waals surface area contributed by atoms with E-state index in [1.807, 2.05) is 12.1 Å². The molecule has 0 aliphatic carbocycles. The van der Waals surface area contributed by atoms with Crippen LogP contribution in [0.5, 0.6) is 5.88 Å². The van der Waals surface area contributed by atoms with Crippen LogP contribution in [0.25, 0.3) is 0 Å². The lowest BCUT2D eigenvalue weighted by atomic mass is 10.1. The van der Waals surface area contributed by atoms with Crippen LogP contribution in [-0.4, -0.2) is 22.5 Å². The van der Waals surface area contributed by atoms with Gasteiger partial charge >= 0.3 is 0 Å². The number of H-pyrrole nitrogens is 1. The zero-order valence-electron chi connectivity index (χ0n) is 10.6. The quantitative estimate of drug-likeness (QED) is 0.662. The molecule has 6 nitrogen and oxygen atoms in total. The van der Waals surface area contributed by atoms with Crippen LogP contribution in [0.4, 0.5) is 11.4 Å². The minimum Gasteiger partial charge on any atom is -0.494 e. The standard InChI is InChI=1S/C14H13N3O3/c18-12-6-9(7-13(19)17-12)14(20)16-10-1-2-11-8(5-10)3-4-15-11/h1-2,5-7,15H,3-4H2,(H,16,20)(H2,17,18,19). The summed E-state index contributed by atoms with van der Waals surface area (Å²) in [5.74, 6) is -0.766. The number of benzene rings is 1. The number of nitrogens with one attached hydrogen (secondary N) is 3. The molecule has 1 aliphatic heterocycles. The van der Waals surface area contributed by atoms with Gasteiger partial charge in [0, 0.05) is 30.1 Å². The number of carbonyl (C=O) groups is 1. The predicted octanol–water partition coefficient (Wildman–Crippen LogP) is 1.30. The highest BCUT2D eigenvalue weighted by Crippen LogP contribution is 2.25. The van der Waals surface area contributed by atoms with Crippen LogP contribution in [0.1, 0.15) is 15.9 Å². The van der Waals surface area contributed by atoms with Crippen molar-refractivity contribution in [1.29, 1.82) is 0 Å². The molecule has 3 rings (SSSR count). The summed E-state index contributed by atoms with van der Waals surface area (Å²) in [4.78, 5) is 25.4. The Balaban J connectivity index is 1.83. The number of amides is 1. The molecule has 1 amide bonds. The fourth-order valence-corrected chi connectivity index (χ4v) is 2.25. The van der Waals surface area contributed by atoms with Crippen LogP contribution in [0.3, 0.4) is 0 Å². The van der Waals surface area contributed by atoms with E-state index in [1.54, 1.807) is 6.07 Å². The molecule has 1 aromatic heterocycles. The van der Waals surface area contributed by atoms with Crippen molar-refractivity contribution in [2.24, 2.45) is 0 Å². The van der Waals surface area contributed by atoms with Crippen molar-refractivity contribution in [2.45, 2.75) is 6.42 Å². The molecule has 0 fully saturated rings. The molecule has 4 N–H and O–H groups in total. The van der Waals surface area contributed by atoms with Gasteiger partial charge in [-0.1, -0.05) is 0 Å². The van der Waals surface area contributed by atoms with Gasteiger partial charge in [0.2, 0.25) is 0 Å². The molecule has 0 spiro atoms. The van der Waals surface area contributed by atoms with Crippen LogP contribution >= 0.6 is 0 Å². The molecule has 0 saturated carbocycles. The number of carbonyl (C=O) groups excluding carboxylic acids is 1. The topological polar surface area (TPSA) is 94.2 Å². The monoisotopic (exact) mass is 271 g/mol. The van der Waals surface area contributed by atoms with Crippen LogP contribution in [0.2, 0.25) is 0 Å². The molecule has 0 saturated heterocycles.